The summed E-state index contributed by atoms with van der Waals surface area (Å²) in [7, 11) is 0. The van der Waals surface area contributed by atoms with Gasteiger partial charge in [-0.25, -0.2) is 0 Å². The Balaban J connectivity index is 2.39. The van der Waals surface area contributed by atoms with Crippen LogP contribution in [0, 0.1) is 5.41 Å². The molecule has 1 heterocycles. The molecule has 1 atom stereocenters. The van der Waals surface area contributed by atoms with Crippen LogP contribution in [0.2, 0.25) is 0 Å². The third kappa shape index (κ3) is 5.07. The molecule has 0 saturated carbocycles. The van der Waals surface area contributed by atoms with Crippen LogP contribution in [0.25, 0.3) is 0 Å². The molecule has 1 fully saturated rings. The number of nitrogens with one attached hydrogen (secondary N) is 1. The van der Waals surface area contributed by atoms with E-state index in [9.17, 15) is 0 Å². The molecule has 3 heteroatoms. The van der Waals surface area contributed by atoms with E-state index in [1.165, 1.54) is 25.0 Å². The second-order valence-electron chi connectivity index (χ2n) is 6.00. The highest BCUT2D eigenvalue weighted by atomic mass is 32.2. The molecule has 1 saturated heterocycles. The Bertz CT molecular complexity index is 195. The van der Waals surface area contributed by atoms with Crippen molar-refractivity contribution < 1.29 is 4.74 Å². The summed E-state index contributed by atoms with van der Waals surface area (Å²) in [6.07, 6.45) is 6.03. The van der Waals surface area contributed by atoms with Crippen LogP contribution in [-0.2, 0) is 4.74 Å². The van der Waals surface area contributed by atoms with E-state index in [1.807, 2.05) is 11.8 Å². The lowest BCUT2D eigenvalue weighted by Crippen LogP contribution is -2.44. The molecule has 0 amide bonds. The van der Waals surface area contributed by atoms with Crippen LogP contribution >= 0.6 is 11.8 Å². The number of thioether (sulfide) groups is 1. The van der Waals surface area contributed by atoms with Crippen LogP contribution < -0.4 is 5.32 Å². The average Bonchev–Trinajstić information content (AvgIpc) is 2.64. The van der Waals surface area contributed by atoms with Gasteiger partial charge in [-0.3, -0.25) is 0 Å². The first kappa shape index (κ1) is 14.3. The minimum atomic E-state index is 0.217. The van der Waals surface area contributed by atoms with E-state index in [1.54, 1.807) is 0 Å². The van der Waals surface area contributed by atoms with E-state index in [0.29, 0.717) is 5.41 Å². The van der Waals surface area contributed by atoms with Gasteiger partial charge >= 0.3 is 0 Å². The molecule has 0 aliphatic carbocycles. The second kappa shape index (κ2) is 6.27. The summed E-state index contributed by atoms with van der Waals surface area (Å²) in [6, 6.07) is 0. The highest BCUT2D eigenvalue weighted by Gasteiger charge is 2.34. The van der Waals surface area contributed by atoms with Crippen molar-refractivity contribution in [2.75, 3.05) is 31.8 Å². The number of rotatable bonds is 6. The Labute approximate surface area is 105 Å². The fraction of sp³-hybridized carbons (Fsp3) is 1.00. The summed E-state index contributed by atoms with van der Waals surface area (Å²) in [5.41, 5.74) is 0.623. The van der Waals surface area contributed by atoms with Crippen LogP contribution in [0.15, 0.2) is 0 Å². The Hall–Kier alpha value is 0.270. The summed E-state index contributed by atoms with van der Waals surface area (Å²) in [5, 5.41) is 3.64. The quantitative estimate of drug-likeness (QED) is 0.727. The van der Waals surface area contributed by atoms with Gasteiger partial charge in [0.25, 0.3) is 0 Å². The fourth-order valence-electron chi connectivity index (χ4n) is 2.12. The first-order chi connectivity index (χ1) is 7.47. The molecule has 0 aromatic rings. The second-order valence-corrected chi connectivity index (χ2v) is 6.99. The molecule has 0 spiro atoms. The topological polar surface area (TPSA) is 21.3 Å². The molecule has 0 radical (unpaired) electrons. The summed E-state index contributed by atoms with van der Waals surface area (Å²) >= 11 is 1.95. The Kier molecular flexibility index (Phi) is 5.62. The molecule has 0 bridgehead atoms. The van der Waals surface area contributed by atoms with Gasteiger partial charge in [-0.2, -0.15) is 11.8 Å². The maximum atomic E-state index is 5.61. The van der Waals surface area contributed by atoms with Crippen LogP contribution in [0.5, 0.6) is 0 Å². The van der Waals surface area contributed by atoms with Crippen molar-refractivity contribution in [2.45, 2.75) is 45.6 Å². The number of ether oxygens (including phenoxy) is 1. The largest absolute Gasteiger partial charge is 0.381 e. The van der Waals surface area contributed by atoms with Gasteiger partial charge in [0.1, 0.15) is 0 Å². The molecule has 16 heavy (non-hydrogen) atoms. The molecular weight excluding hydrogens is 218 g/mol. The van der Waals surface area contributed by atoms with Crippen molar-refractivity contribution in [3.8, 4) is 0 Å². The first-order valence-corrected chi connectivity index (χ1v) is 7.69. The number of hydrogen-bond donors (Lipinski definition) is 1. The van der Waals surface area contributed by atoms with Gasteiger partial charge in [-0.15, -0.1) is 0 Å². The van der Waals surface area contributed by atoms with Crippen LogP contribution in [0.4, 0.5) is 0 Å². The maximum absolute atomic E-state index is 5.61. The molecule has 1 aliphatic heterocycles. The van der Waals surface area contributed by atoms with E-state index in [4.69, 9.17) is 4.74 Å². The fourth-order valence-corrected chi connectivity index (χ4v) is 2.55. The van der Waals surface area contributed by atoms with Crippen molar-refractivity contribution >= 4 is 11.8 Å². The Morgan fingerprint density at radius 1 is 1.38 bits per heavy atom. The van der Waals surface area contributed by atoms with Crippen LogP contribution in [0.1, 0.15) is 40.0 Å². The van der Waals surface area contributed by atoms with Gasteiger partial charge in [-0.1, -0.05) is 0 Å². The smallest absolute Gasteiger partial charge is 0.0535 e. The van der Waals surface area contributed by atoms with E-state index in [0.717, 1.165) is 19.8 Å². The van der Waals surface area contributed by atoms with Crippen molar-refractivity contribution in [1.29, 1.82) is 0 Å². The molecule has 1 aliphatic rings. The molecule has 0 aromatic heterocycles. The van der Waals surface area contributed by atoms with Gasteiger partial charge in [0.2, 0.25) is 0 Å². The highest BCUT2D eigenvalue weighted by Crippen LogP contribution is 2.33. The summed E-state index contributed by atoms with van der Waals surface area (Å²) in [4.78, 5) is 0. The zero-order valence-corrected chi connectivity index (χ0v) is 12.1. The first-order valence-electron chi connectivity index (χ1n) is 6.29. The average molecular weight is 245 g/mol. The third-order valence-electron chi connectivity index (χ3n) is 3.23. The van der Waals surface area contributed by atoms with Gasteiger partial charge < -0.3 is 10.1 Å². The normalized spacial score (nSPS) is 26.2. The SMILES string of the molecule is CSCCCC1(CNC(C)(C)C)CCOC1. The highest BCUT2D eigenvalue weighted by molar-refractivity contribution is 7.98. The van der Waals surface area contributed by atoms with E-state index in [2.05, 4.69) is 32.3 Å². The molecule has 2 nitrogen and oxygen atoms in total. The van der Waals surface area contributed by atoms with Gasteiger partial charge in [-0.05, 0) is 52.0 Å². The monoisotopic (exact) mass is 245 g/mol. The minimum absolute atomic E-state index is 0.217. The van der Waals surface area contributed by atoms with Crippen molar-refractivity contribution in [2.24, 2.45) is 5.41 Å². The van der Waals surface area contributed by atoms with E-state index < -0.39 is 0 Å². The zero-order valence-electron chi connectivity index (χ0n) is 11.3. The summed E-state index contributed by atoms with van der Waals surface area (Å²) in [5.74, 6) is 1.28. The molecule has 1 unspecified atom stereocenters. The van der Waals surface area contributed by atoms with Gasteiger partial charge in [0.05, 0.1) is 6.61 Å². The lowest BCUT2D eigenvalue weighted by molar-refractivity contribution is 0.138. The standard InChI is InChI=1S/C13H27NOS/c1-12(2,3)14-10-13(6-5-9-16-4)7-8-15-11-13/h14H,5-11H2,1-4H3. The van der Waals surface area contributed by atoms with Crippen molar-refractivity contribution in [1.82, 2.24) is 5.32 Å². The Morgan fingerprint density at radius 2 is 2.12 bits per heavy atom. The molecule has 0 aromatic carbocycles. The molecule has 96 valence electrons. The third-order valence-corrected chi connectivity index (χ3v) is 3.93. The lowest BCUT2D eigenvalue weighted by Gasteiger charge is -2.32. The number of hydrogen-bond acceptors (Lipinski definition) is 3. The van der Waals surface area contributed by atoms with Crippen molar-refractivity contribution in [3.63, 3.8) is 0 Å². The molecule has 1 N–H and O–H groups in total. The predicted octanol–water partition coefficient (Wildman–Crippen LogP) is 2.92. The van der Waals surface area contributed by atoms with Crippen LogP contribution in [-0.4, -0.2) is 37.3 Å². The molecular formula is C13H27NOS. The predicted molar refractivity (Wildman–Crippen MR) is 73.2 cm³/mol. The van der Waals surface area contributed by atoms with Gasteiger partial charge in [0.15, 0.2) is 0 Å². The summed E-state index contributed by atoms with van der Waals surface area (Å²) < 4.78 is 5.61. The maximum Gasteiger partial charge on any atom is 0.0535 e. The minimum Gasteiger partial charge on any atom is -0.381 e. The lowest BCUT2D eigenvalue weighted by atomic mass is 9.82. The molecule has 1 rings (SSSR count). The Morgan fingerprint density at radius 3 is 2.62 bits per heavy atom. The van der Waals surface area contributed by atoms with Crippen molar-refractivity contribution in [3.05, 3.63) is 0 Å². The van der Waals surface area contributed by atoms with Crippen LogP contribution in [0.3, 0.4) is 0 Å². The van der Waals surface area contributed by atoms with E-state index in [-0.39, 0.29) is 5.54 Å². The zero-order chi connectivity index (χ0) is 12.1. The van der Waals surface area contributed by atoms with E-state index >= 15 is 0 Å². The van der Waals surface area contributed by atoms with Gasteiger partial charge in [0, 0.05) is 24.1 Å². The summed E-state index contributed by atoms with van der Waals surface area (Å²) in [6.45, 7) is 9.70.